The van der Waals surface area contributed by atoms with Crippen LogP contribution in [0.1, 0.15) is 19.8 Å². The number of benzene rings is 1. The lowest BCUT2D eigenvalue weighted by Gasteiger charge is -2.09. The summed E-state index contributed by atoms with van der Waals surface area (Å²) in [6.45, 7) is 1.91. The molecule has 3 rings (SSSR count). The highest BCUT2D eigenvalue weighted by Crippen LogP contribution is 2.25. The van der Waals surface area contributed by atoms with Gasteiger partial charge in [0.1, 0.15) is 0 Å². The number of nitrogens with one attached hydrogen (secondary N) is 2. The van der Waals surface area contributed by atoms with Crippen LogP contribution >= 0.6 is 11.8 Å². The minimum Gasteiger partial charge on any atom is -0.352 e. The molecule has 2 aromatic rings. The molecule has 0 aliphatic heterocycles. The number of thioether (sulfide) groups is 1. The number of H-pyrrole nitrogens is 1. The van der Waals surface area contributed by atoms with E-state index < -0.39 is 0 Å². The molecule has 0 bridgehead atoms. The van der Waals surface area contributed by atoms with Gasteiger partial charge in [-0.25, -0.2) is 4.98 Å². The van der Waals surface area contributed by atoms with Crippen LogP contribution in [0.5, 0.6) is 0 Å². The van der Waals surface area contributed by atoms with E-state index in [0.717, 1.165) is 29.0 Å². The summed E-state index contributed by atoms with van der Waals surface area (Å²) < 4.78 is 0. The Hall–Kier alpha value is -1.49. The molecule has 0 radical (unpaired) electrons. The van der Waals surface area contributed by atoms with Crippen molar-refractivity contribution in [2.24, 2.45) is 0 Å². The van der Waals surface area contributed by atoms with Gasteiger partial charge in [-0.05, 0) is 31.9 Å². The molecule has 1 aliphatic carbocycles. The van der Waals surface area contributed by atoms with Gasteiger partial charge >= 0.3 is 0 Å². The second-order valence-electron chi connectivity index (χ2n) is 4.60. The van der Waals surface area contributed by atoms with Crippen LogP contribution in [0.2, 0.25) is 0 Å². The molecule has 4 nitrogen and oxygen atoms in total. The fraction of sp³-hybridized carbons (Fsp3) is 0.385. The van der Waals surface area contributed by atoms with Crippen LogP contribution in [0.3, 0.4) is 0 Å². The third-order valence-corrected chi connectivity index (χ3v) is 3.93. The van der Waals surface area contributed by atoms with E-state index in [1.807, 2.05) is 31.2 Å². The second kappa shape index (κ2) is 4.65. The Morgan fingerprint density at radius 3 is 3.00 bits per heavy atom. The van der Waals surface area contributed by atoms with E-state index >= 15 is 0 Å². The summed E-state index contributed by atoms with van der Waals surface area (Å²) in [6, 6.07) is 8.29. The maximum Gasteiger partial charge on any atom is 0.233 e. The van der Waals surface area contributed by atoms with Crippen molar-refractivity contribution in [1.29, 1.82) is 0 Å². The molecule has 1 atom stereocenters. The molecule has 1 amide bonds. The van der Waals surface area contributed by atoms with Crippen LogP contribution in [-0.2, 0) is 4.79 Å². The van der Waals surface area contributed by atoms with E-state index in [1.54, 1.807) is 0 Å². The minimum atomic E-state index is -0.119. The van der Waals surface area contributed by atoms with Gasteiger partial charge in [0.25, 0.3) is 0 Å². The van der Waals surface area contributed by atoms with Crippen LogP contribution in [0.15, 0.2) is 29.4 Å². The van der Waals surface area contributed by atoms with Gasteiger partial charge in [0, 0.05) is 6.04 Å². The summed E-state index contributed by atoms with van der Waals surface area (Å²) in [4.78, 5) is 19.5. The maximum atomic E-state index is 11.8. The largest absolute Gasteiger partial charge is 0.352 e. The topological polar surface area (TPSA) is 57.8 Å². The average Bonchev–Trinajstić information content (AvgIpc) is 3.07. The molecule has 1 aromatic heterocycles. The molecule has 0 unspecified atom stereocenters. The van der Waals surface area contributed by atoms with Gasteiger partial charge in [0.05, 0.1) is 16.3 Å². The first kappa shape index (κ1) is 11.6. The molecule has 1 aliphatic rings. The second-order valence-corrected chi connectivity index (χ2v) is 5.93. The number of carbonyl (C=O) groups excluding carboxylic acids is 1. The monoisotopic (exact) mass is 261 g/mol. The van der Waals surface area contributed by atoms with E-state index in [9.17, 15) is 4.79 Å². The van der Waals surface area contributed by atoms with Gasteiger partial charge in [0.15, 0.2) is 5.16 Å². The Balaban J connectivity index is 1.68. The van der Waals surface area contributed by atoms with Gasteiger partial charge in [-0.2, -0.15) is 0 Å². The summed E-state index contributed by atoms with van der Waals surface area (Å²) in [5.41, 5.74) is 1.95. The molecule has 0 spiro atoms. The first-order valence-corrected chi connectivity index (χ1v) is 7.02. The normalized spacial score (nSPS) is 16.7. The number of amides is 1. The van der Waals surface area contributed by atoms with Crippen molar-refractivity contribution >= 4 is 28.7 Å². The van der Waals surface area contributed by atoms with E-state index in [1.165, 1.54) is 11.8 Å². The number of imidazole rings is 1. The number of fused-ring (bicyclic) bond motifs is 1. The molecule has 94 valence electrons. The molecular weight excluding hydrogens is 246 g/mol. The molecule has 1 saturated carbocycles. The standard InChI is InChI=1S/C13H15N3OS/c1-8(12(17)14-9-6-7-9)18-13-15-10-4-2-3-5-11(10)16-13/h2-5,8-9H,6-7H2,1H3,(H,14,17)(H,15,16)/t8-/m0/s1. The third kappa shape index (κ3) is 2.51. The summed E-state index contributed by atoms with van der Waals surface area (Å²) in [7, 11) is 0. The Labute approximate surface area is 110 Å². The lowest BCUT2D eigenvalue weighted by Crippen LogP contribution is -2.32. The molecule has 1 heterocycles. The highest BCUT2D eigenvalue weighted by atomic mass is 32.2. The van der Waals surface area contributed by atoms with Crippen LogP contribution in [0.4, 0.5) is 0 Å². The molecule has 18 heavy (non-hydrogen) atoms. The number of para-hydroxylation sites is 2. The van der Waals surface area contributed by atoms with E-state index in [2.05, 4.69) is 15.3 Å². The highest BCUT2D eigenvalue weighted by molar-refractivity contribution is 8.00. The molecule has 1 aromatic carbocycles. The van der Waals surface area contributed by atoms with Crippen molar-refractivity contribution in [3.63, 3.8) is 0 Å². The Morgan fingerprint density at radius 1 is 1.50 bits per heavy atom. The van der Waals surface area contributed by atoms with Gasteiger partial charge in [-0.1, -0.05) is 23.9 Å². The van der Waals surface area contributed by atoms with E-state index in [0.29, 0.717) is 6.04 Å². The molecule has 5 heteroatoms. The zero-order valence-electron chi connectivity index (χ0n) is 10.1. The number of hydrogen-bond donors (Lipinski definition) is 2. The SMILES string of the molecule is C[C@H](Sc1nc2ccccc2[nH]1)C(=O)NC1CC1. The summed E-state index contributed by atoms with van der Waals surface area (Å²) in [5, 5.41) is 3.69. The quantitative estimate of drug-likeness (QED) is 0.830. The number of nitrogens with zero attached hydrogens (tertiary/aromatic N) is 1. The van der Waals surface area contributed by atoms with Crippen LogP contribution in [0.25, 0.3) is 11.0 Å². The van der Waals surface area contributed by atoms with Crippen molar-refractivity contribution in [1.82, 2.24) is 15.3 Å². The van der Waals surface area contributed by atoms with Gasteiger partial charge in [0.2, 0.25) is 5.91 Å². The Bertz CT molecular complexity index is 543. The number of aromatic nitrogens is 2. The van der Waals surface area contributed by atoms with Crippen molar-refractivity contribution in [2.45, 2.75) is 36.2 Å². The predicted molar refractivity (Wildman–Crippen MR) is 72.6 cm³/mol. The molecule has 0 saturated heterocycles. The lowest BCUT2D eigenvalue weighted by atomic mass is 10.3. The average molecular weight is 261 g/mol. The van der Waals surface area contributed by atoms with Crippen LogP contribution in [-0.4, -0.2) is 27.2 Å². The first-order valence-electron chi connectivity index (χ1n) is 6.14. The van der Waals surface area contributed by atoms with Gasteiger partial charge in [-0.15, -0.1) is 0 Å². The fourth-order valence-electron chi connectivity index (χ4n) is 1.75. The predicted octanol–water partition coefficient (Wildman–Crippen LogP) is 2.32. The summed E-state index contributed by atoms with van der Waals surface area (Å²) in [6.07, 6.45) is 2.24. The Morgan fingerprint density at radius 2 is 2.28 bits per heavy atom. The number of rotatable bonds is 4. The Kier molecular flexibility index (Phi) is 2.99. The number of hydrogen-bond acceptors (Lipinski definition) is 3. The van der Waals surface area contributed by atoms with Crippen molar-refractivity contribution in [3.05, 3.63) is 24.3 Å². The highest BCUT2D eigenvalue weighted by Gasteiger charge is 2.26. The lowest BCUT2D eigenvalue weighted by molar-refractivity contribution is -0.120. The molecule has 2 N–H and O–H groups in total. The molecule has 1 fully saturated rings. The fourth-order valence-corrected chi connectivity index (χ4v) is 2.58. The van der Waals surface area contributed by atoms with Crippen LogP contribution < -0.4 is 5.32 Å². The van der Waals surface area contributed by atoms with Crippen molar-refractivity contribution in [2.75, 3.05) is 0 Å². The smallest absolute Gasteiger partial charge is 0.233 e. The van der Waals surface area contributed by atoms with E-state index in [-0.39, 0.29) is 11.2 Å². The number of aromatic amines is 1. The first-order chi connectivity index (χ1) is 8.72. The molecular formula is C13H15N3OS. The zero-order chi connectivity index (χ0) is 12.5. The maximum absolute atomic E-state index is 11.8. The minimum absolute atomic E-state index is 0.1000. The van der Waals surface area contributed by atoms with E-state index in [4.69, 9.17) is 0 Å². The van der Waals surface area contributed by atoms with Gasteiger partial charge in [-0.3, -0.25) is 4.79 Å². The number of carbonyl (C=O) groups is 1. The summed E-state index contributed by atoms with van der Waals surface area (Å²) in [5.74, 6) is 0.1000. The van der Waals surface area contributed by atoms with Crippen molar-refractivity contribution in [3.8, 4) is 0 Å². The zero-order valence-corrected chi connectivity index (χ0v) is 11.0. The summed E-state index contributed by atoms with van der Waals surface area (Å²) >= 11 is 1.47. The van der Waals surface area contributed by atoms with Crippen molar-refractivity contribution < 1.29 is 4.79 Å². The third-order valence-electron chi connectivity index (χ3n) is 2.95. The van der Waals surface area contributed by atoms with Gasteiger partial charge < -0.3 is 10.3 Å². The van der Waals surface area contributed by atoms with Crippen LogP contribution in [0, 0.1) is 0 Å².